The van der Waals surface area contributed by atoms with E-state index in [-0.39, 0.29) is 58.0 Å². The van der Waals surface area contributed by atoms with E-state index in [2.05, 4.69) is 4.52 Å². The molecule has 68 valence electrons. The molecule has 1 fully saturated rings. The molecule has 0 spiro atoms. The topological polar surface area (TPSA) is 85.2 Å². The van der Waals surface area contributed by atoms with Crippen molar-refractivity contribution in [1.82, 2.24) is 0 Å². The van der Waals surface area contributed by atoms with Crippen LogP contribution >= 0.6 is 7.82 Å². The minimum atomic E-state index is -4.44. The van der Waals surface area contributed by atoms with Gasteiger partial charge >= 0.3 is 59.2 Å². The van der Waals surface area contributed by atoms with Crippen LogP contribution in [0.15, 0.2) is 0 Å². The predicted molar refractivity (Wildman–Crippen MR) is 40.8 cm³/mol. The summed E-state index contributed by atoms with van der Waals surface area (Å²) >= 11 is 0. The van der Waals surface area contributed by atoms with Crippen molar-refractivity contribution in [2.45, 2.75) is 6.29 Å². The summed E-state index contributed by atoms with van der Waals surface area (Å²) in [4.78, 5) is 16.6. The van der Waals surface area contributed by atoms with Gasteiger partial charge in [0.1, 0.15) is 0 Å². The molecule has 0 aromatic carbocycles. The molecule has 1 atom stereocenters. The molecule has 0 aliphatic carbocycles. The van der Waals surface area contributed by atoms with Gasteiger partial charge in [-0.3, -0.25) is 4.52 Å². The van der Waals surface area contributed by atoms with Gasteiger partial charge in [-0.1, -0.05) is 0 Å². The quantitative estimate of drug-likeness (QED) is 0.453. The molecule has 2 N–H and O–H groups in total. The summed E-state index contributed by atoms with van der Waals surface area (Å²) in [5.41, 5.74) is 0. The second-order valence-electron chi connectivity index (χ2n) is 1.97. The van der Waals surface area contributed by atoms with E-state index in [0.717, 1.165) is 0 Å². The van der Waals surface area contributed by atoms with Crippen LogP contribution in [0.5, 0.6) is 0 Å². The molecular weight excluding hydrogens is 214 g/mol. The Morgan fingerprint density at radius 2 is 2.08 bits per heavy atom. The van der Waals surface area contributed by atoms with Crippen molar-refractivity contribution < 1.29 is 28.3 Å². The molecule has 1 unspecified atom stereocenters. The average Bonchev–Trinajstić information content (AvgIpc) is 1.85. The monoisotopic (exact) mass is 224 g/mol. The van der Waals surface area contributed by atoms with Crippen LogP contribution in [0.4, 0.5) is 0 Å². The number of phosphoric ester groups is 1. The summed E-state index contributed by atoms with van der Waals surface area (Å²) < 4.78 is 24.1. The zero-order valence-electron chi connectivity index (χ0n) is 5.67. The van der Waals surface area contributed by atoms with E-state index in [9.17, 15) is 4.57 Å². The summed E-state index contributed by atoms with van der Waals surface area (Å²) in [7, 11) is -4.44. The average molecular weight is 224 g/mol. The summed E-state index contributed by atoms with van der Waals surface area (Å²) in [5, 5.41) is 0. The fraction of sp³-hybridized carbons (Fsp3) is 1.00. The Bertz CT molecular complexity index is 163. The molecule has 0 aromatic heterocycles. The Balaban J connectivity index is 0.00000121. The van der Waals surface area contributed by atoms with Crippen LogP contribution in [0, 0.1) is 0 Å². The number of hydrogen-bond donors (Lipinski definition) is 2. The van der Waals surface area contributed by atoms with Gasteiger partial charge < -0.3 is 19.3 Å². The Kier molecular flexibility index (Phi) is 7.07. The van der Waals surface area contributed by atoms with Crippen molar-refractivity contribution >= 4 is 59.2 Å². The minimum absolute atomic E-state index is 0. The molecule has 0 saturated carbocycles. The third kappa shape index (κ3) is 6.17. The van der Waals surface area contributed by atoms with Crippen molar-refractivity contribution in [3.63, 3.8) is 0 Å². The molecule has 0 amide bonds. The van der Waals surface area contributed by atoms with E-state index in [4.69, 9.17) is 19.3 Å². The second-order valence-corrected chi connectivity index (χ2v) is 3.16. The van der Waals surface area contributed by atoms with Crippen LogP contribution in [0.1, 0.15) is 0 Å². The molecule has 8 heteroatoms. The molecule has 1 aliphatic heterocycles. The van der Waals surface area contributed by atoms with E-state index < -0.39 is 14.1 Å². The van der Waals surface area contributed by atoms with Gasteiger partial charge in [-0.2, -0.15) is 0 Å². The third-order valence-electron chi connectivity index (χ3n) is 1.04. The summed E-state index contributed by atoms with van der Waals surface area (Å²) in [6.07, 6.45) is -0.940. The first-order valence-corrected chi connectivity index (χ1v) is 4.54. The molecule has 0 bridgehead atoms. The predicted octanol–water partition coefficient (Wildman–Crippen LogP) is -1.18. The van der Waals surface area contributed by atoms with Crippen molar-refractivity contribution in [3.8, 4) is 0 Å². The van der Waals surface area contributed by atoms with Crippen LogP contribution in [0.3, 0.4) is 0 Å². The number of ether oxygens (including phenoxy) is 2. The van der Waals surface area contributed by atoms with Crippen LogP contribution in [-0.4, -0.2) is 87.3 Å². The van der Waals surface area contributed by atoms with Gasteiger partial charge in [0, 0.05) is 0 Å². The zero-order valence-corrected chi connectivity index (χ0v) is 6.57. The molecule has 1 aliphatic rings. The molecule has 6 nitrogen and oxygen atoms in total. The number of phosphoric acid groups is 1. The molecule has 0 radical (unpaired) electrons. The van der Waals surface area contributed by atoms with Gasteiger partial charge in [0.05, 0.1) is 19.8 Å². The van der Waals surface area contributed by atoms with Gasteiger partial charge in [-0.15, -0.1) is 0 Å². The third-order valence-corrected chi connectivity index (χ3v) is 1.55. The van der Waals surface area contributed by atoms with Gasteiger partial charge in [0.15, 0.2) is 6.29 Å². The van der Waals surface area contributed by atoms with Crippen LogP contribution in [0.25, 0.3) is 0 Å². The first-order valence-electron chi connectivity index (χ1n) is 3.01. The molecule has 0 aromatic rings. The van der Waals surface area contributed by atoms with E-state index >= 15 is 0 Å². The van der Waals surface area contributed by atoms with Gasteiger partial charge in [-0.25, -0.2) is 4.57 Å². The SMILES string of the molecule is O=P(O)(O)OC1COCCO1.[KH]. The van der Waals surface area contributed by atoms with Crippen molar-refractivity contribution in [3.05, 3.63) is 0 Å². The standard InChI is InChI=1S/C4H9O6P.K.H/c5-11(6,7)10-4-3-8-1-2-9-4;;/h4H,1-3H2,(H2,5,6,7);;. The molecule has 12 heavy (non-hydrogen) atoms. The van der Waals surface area contributed by atoms with E-state index in [1.54, 1.807) is 0 Å². The Labute approximate surface area is 112 Å². The van der Waals surface area contributed by atoms with Gasteiger partial charge in [0.2, 0.25) is 0 Å². The van der Waals surface area contributed by atoms with Crippen LogP contribution < -0.4 is 0 Å². The van der Waals surface area contributed by atoms with E-state index in [1.807, 2.05) is 0 Å². The molecule has 1 heterocycles. The maximum atomic E-state index is 10.2. The van der Waals surface area contributed by atoms with Gasteiger partial charge in [0.25, 0.3) is 0 Å². The van der Waals surface area contributed by atoms with E-state index in [1.165, 1.54) is 0 Å². The van der Waals surface area contributed by atoms with Crippen molar-refractivity contribution in [2.24, 2.45) is 0 Å². The fourth-order valence-corrected chi connectivity index (χ4v) is 1.11. The summed E-state index contributed by atoms with van der Waals surface area (Å²) in [6, 6.07) is 0. The Hall–Kier alpha value is 1.67. The number of hydrogen-bond acceptors (Lipinski definition) is 4. The molecular formula is C4H10KO6P. The molecule has 1 rings (SSSR count). The Morgan fingerprint density at radius 3 is 2.50 bits per heavy atom. The first-order chi connectivity index (χ1) is 5.08. The fourth-order valence-electron chi connectivity index (χ4n) is 0.680. The summed E-state index contributed by atoms with van der Waals surface area (Å²) in [6.45, 7) is 0.788. The maximum absolute atomic E-state index is 10.2. The normalized spacial score (nSPS) is 24.7. The van der Waals surface area contributed by atoms with Crippen LogP contribution in [0.2, 0.25) is 0 Å². The zero-order chi connectivity index (χ0) is 8.32. The number of rotatable bonds is 2. The van der Waals surface area contributed by atoms with Crippen LogP contribution in [-0.2, 0) is 18.6 Å². The summed E-state index contributed by atoms with van der Waals surface area (Å²) in [5.74, 6) is 0. The van der Waals surface area contributed by atoms with Gasteiger partial charge in [-0.05, 0) is 0 Å². The van der Waals surface area contributed by atoms with Crippen molar-refractivity contribution in [1.29, 1.82) is 0 Å². The van der Waals surface area contributed by atoms with E-state index in [0.29, 0.717) is 13.2 Å². The van der Waals surface area contributed by atoms with Crippen molar-refractivity contribution in [2.75, 3.05) is 19.8 Å². The second kappa shape index (κ2) is 6.21. The Morgan fingerprint density at radius 1 is 1.42 bits per heavy atom. The molecule has 1 saturated heterocycles. The first kappa shape index (κ1) is 13.7.